The van der Waals surface area contributed by atoms with Gasteiger partial charge < -0.3 is 5.32 Å². The lowest BCUT2D eigenvalue weighted by Gasteiger charge is -2.21. The highest BCUT2D eigenvalue weighted by molar-refractivity contribution is 9.10. The molecule has 0 radical (unpaired) electrons. The molecule has 2 aromatic rings. The lowest BCUT2D eigenvalue weighted by atomic mass is 10.2. The molecule has 1 N–H and O–H groups in total. The first kappa shape index (κ1) is 21.0. The third-order valence-electron chi connectivity index (χ3n) is 3.80. The van der Waals surface area contributed by atoms with Crippen molar-refractivity contribution in [1.82, 2.24) is 4.31 Å². The van der Waals surface area contributed by atoms with Crippen molar-refractivity contribution in [2.45, 2.75) is 31.6 Å². The minimum Gasteiger partial charge on any atom is -0.346 e. The fraction of sp³-hybridized carbons (Fsp3) is 0.316. The van der Waals surface area contributed by atoms with E-state index < -0.39 is 10.0 Å². The second kappa shape index (κ2) is 9.60. The number of nitrogens with one attached hydrogen (secondary N) is 1. The first-order valence-electron chi connectivity index (χ1n) is 8.55. The molecule has 7 heteroatoms. The van der Waals surface area contributed by atoms with Crippen LogP contribution in [0.5, 0.6) is 0 Å². The van der Waals surface area contributed by atoms with Gasteiger partial charge in [-0.05, 0) is 49.2 Å². The van der Waals surface area contributed by atoms with Crippen LogP contribution >= 0.6 is 28.1 Å². The molecule has 26 heavy (non-hydrogen) atoms. The highest BCUT2D eigenvalue weighted by atomic mass is 79.9. The van der Waals surface area contributed by atoms with Gasteiger partial charge in [0.2, 0.25) is 10.0 Å². The highest BCUT2D eigenvalue weighted by Crippen LogP contribution is 2.19. The topological polar surface area (TPSA) is 49.4 Å². The number of benzene rings is 2. The fourth-order valence-electron chi connectivity index (χ4n) is 2.51. The van der Waals surface area contributed by atoms with E-state index in [1.807, 2.05) is 38.1 Å². The van der Waals surface area contributed by atoms with E-state index in [1.54, 1.807) is 28.6 Å². The molecule has 0 aliphatic heterocycles. The molecule has 0 bridgehead atoms. The van der Waals surface area contributed by atoms with Gasteiger partial charge in [0.15, 0.2) is 0 Å². The second-order valence-corrected chi connectivity index (χ2v) is 9.15. The Hall–Kier alpha value is -1.28. The molecular weight excluding hydrogens is 432 g/mol. The van der Waals surface area contributed by atoms with Gasteiger partial charge in [0.25, 0.3) is 0 Å². The van der Waals surface area contributed by atoms with E-state index in [9.17, 15) is 8.42 Å². The van der Waals surface area contributed by atoms with Gasteiger partial charge in [-0.2, -0.15) is 4.31 Å². The van der Waals surface area contributed by atoms with E-state index in [0.717, 1.165) is 28.6 Å². The maximum absolute atomic E-state index is 12.8. The Morgan fingerprint density at radius 2 is 1.54 bits per heavy atom. The predicted octanol–water partition coefficient (Wildman–Crippen LogP) is 5.05. The predicted molar refractivity (Wildman–Crippen MR) is 115 cm³/mol. The first-order valence-corrected chi connectivity index (χ1v) is 11.2. The number of hydrogen-bond donors (Lipinski definition) is 1. The summed E-state index contributed by atoms with van der Waals surface area (Å²) in [5.41, 5.74) is 1.66. The van der Waals surface area contributed by atoms with Crippen molar-refractivity contribution in [3.05, 3.63) is 58.6 Å². The van der Waals surface area contributed by atoms with Crippen LogP contribution in [0.3, 0.4) is 0 Å². The van der Waals surface area contributed by atoms with Crippen molar-refractivity contribution in [3.63, 3.8) is 0 Å². The largest absolute Gasteiger partial charge is 0.346 e. The molecule has 0 amide bonds. The molecule has 0 heterocycles. The Kier molecular flexibility index (Phi) is 7.76. The number of hydrogen-bond acceptors (Lipinski definition) is 3. The molecule has 140 valence electrons. The van der Waals surface area contributed by atoms with Crippen LogP contribution in [0.15, 0.2) is 57.9 Å². The van der Waals surface area contributed by atoms with Crippen LogP contribution in [0.2, 0.25) is 0 Å². The zero-order valence-electron chi connectivity index (χ0n) is 14.9. The van der Waals surface area contributed by atoms with Crippen molar-refractivity contribution in [2.75, 3.05) is 18.4 Å². The lowest BCUT2D eigenvalue weighted by Crippen LogP contribution is -2.32. The summed E-state index contributed by atoms with van der Waals surface area (Å²) in [6, 6.07) is 14.4. The van der Waals surface area contributed by atoms with Crippen LogP contribution in [-0.4, -0.2) is 30.8 Å². The van der Waals surface area contributed by atoms with Gasteiger partial charge in [-0.3, -0.25) is 0 Å². The number of sulfonamides is 1. The normalized spacial score (nSPS) is 11.5. The first-order chi connectivity index (χ1) is 12.4. The molecule has 4 nitrogen and oxygen atoms in total. The van der Waals surface area contributed by atoms with Gasteiger partial charge in [-0.1, -0.05) is 54.1 Å². The Morgan fingerprint density at radius 1 is 1.00 bits per heavy atom. The fourth-order valence-corrected chi connectivity index (χ4v) is 4.66. The smallest absolute Gasteiger partial charge is 0.243 e. The van der Waals surface area contributed by atoms with Gasteiger partial charge in [0.1, 0.15) is 4.99 Å². The van der Waals surface area contributed by atoms with Gasteiger partial charge in [-0.15, -0.1) is 0 Å². The number of halogens is 1. The summed E-state index contributed by atoms with van der Waals surface area (Å²) in [7, 11) is -3.47. The van der Waals surface area contributed by atoms with Crippen LogP contribution in [0.25, 0.3) is 0 Å². The average Bonchev–Trinajstić information content (AvgIpc) is 2.63. The maximum atomic E-state index is 12.8. The number of rotatable bonds is 8. The SMILES string of the molecule is CCCN(CCC)S(=O)(=O)c1ccc(C(=S)Nc2ccc(Br)cc2)cc1. The highest BCUT2D eigenvalue weighted by Gasteiger charge is 2.22. The van der Waals surface area contributed by atoms with Crippen LogP contribution < -0.4 is 5.32 Å². The summed E-state index contributed by atoms with van der Waals surface area (Å²) in [6.45, 7) is 5.02. The third kappa shape index (κ3) is 5.36. The van der Waals surface area contributed by atoms with Gasteiger partial charge in [0, 0.05) is 28.8 Å². The van der Waals surface area contributed by atoms with Crippen LogP contribution in [0.4, 0.5) is 5.69 Å². The zero-order valence-corrected chi connectivity index (χ0v) is 18.1. The van der Waals surface area contributed by atoms with E-state index in [4.69, 9.17) is 12.2 Å². The second-order valence-electron chi connectivity index (χ2n) is 5.89. The Balaban J connectivity index is 2.16. The maximum Gasteiger partial charge on any atom is 0.243 e. The molecule has 0 atom stereocenters. The average molecular weight is 455 g/mol. The number of anilines is 1. The summed E-state index contributed by atoms with van der Waals surface area (Å²) >= 11 is 8.82. The molecule has 0 fully saturated rings. The van der Waals surface area contributed by atoms with Crippen molar-refractivity contribution >= 4 is 48.8 Å². The van der Waals surface area contributed by atoms with Crippen molar-refractivity contribution < 1.29 is 8.42 Å². The number of thiocarbonyl (C=S) groups is 1. The Morgan fingerprint density at radius 3 is 2.04 bits per heavy atom. The third-order valence-corrected chi connectivity index (χ3v) is 6.58. The van der Waals surface area contributed by atoms with E-state index in [2.05, 4.69) is 21.2 Å². The standard InChI is InChI=1S/C19H23BrN2O2S2/c1-3-13-22(14-4-2)26(23,24)18-11-5-15(6-12-18)19(25)21-17-9-7-16(20)8-10-17/h5-12H,3-4,13-14H2,1-2H3,(H,21,25). The Bertz CT molecular complexity index is 829. The van der Waals surface area contributed by atoms with E-state index in [-0.39, 0.29) is 0 Å². The summed E-state index contributed by atoms with van der Waals surface area (Å²) in [5.74, 6) is 0. The van der Waals surface area contributed by atoms with Crippen LogP contribution in [-0.2, 0) is 10.0 Å². The summed E-state index contributed by atoms with van der Waals surface area (Å²) in [5, 5.41) is 3.16. The minimum absolute atomic E-state index is 0.301. The monoisotopic (exact) mass is 454 g/mol. The molecule has 0 aliphatic carbocycles. The van der Waals surface area contributed by atoms with E-state index in [0.29, 0.717) is 23.0 Å². The molecule has 0 saturated carbocycles. The molecule has 0 spiro atoms. The number of nitrogens with zero attached hydrogens (tertiary/aromatic N) is 1. The van der Waals surface area contributed by atoms with E-state index in [1.165, 1.54) is 0 Å². The summed E-state index contributed by atoms with van der Waals surface area (Å²) < 4.78 is 28.1. The summed E-state index contributed by atoms with van der Waals surface area (Å²) in [6.07, 6.45) is 1.58. The van der Waals surface area contributed by atoms with Crippen molar-refractivity contribution in [2.24, 2.45) is 0 Å². The van der Waals surface area contributed by atoms with Gasteiger partial charge in [-0.25, -0.2) is 8.42 Å². The van der Waals surface area contributed by atoms with E-state index >= 15 is 0 Å². The molecule has 2 aromatic carbocycles. The zero-order chi connectivity index (χ0) is 19.2. The lowest BCUT2D eigenvalue weighted by molar-refractivity contribution is 0.410. The van der Waals surface area contributed by atoms with Crippen LogP contribution in [0, 0.1) is 0 Å². The molecule has 0 aromatic heterocycles. The molecule has 0 saturated heterocycles. The molecule has 0 unspecified atom stereocenters. The van der Waals surface area contributed by atoms with Crippen molar-refractivity contribution in [3.8, 4) is 0 Å². The quantitative estimate of drug-likeness (QED) is 0.567. The Labute approximate surface area is 169 Å². The van der Waals surface area contributed by atoms with Gasteiger partial charge >= 0.3 is 0 Å². The molecule has 2 rings (SSSR count). The van der Waals surface area contributed by atoms with Crippen LogP contribution in [0.1, 0.15) is 32.3 Å². The van der Waals surface area contributed by atoms with Crippen molar-refractivity contribution in [1.29, 1.82) is 0 Å². The van der Waals surface area contributed by atoms with Gasteiger partial charge in [0.05, 0.1) is 4.90 Å². The molecular formula is C19H23BrN2O2S2. The minimum atomic E-state index is -3.47. The summed E-state index contributed by atoms with van der Waals surface area (Å²) in [4.78, 5) is 0.852. The molecule has 0 aliphatic rings.